The largest absolute Gasteiger partial charge is 0.480 e. The summed E-state index contributed by atoms with van der Waals surface area (Å²) in [6, 6.07) is 5.51. The van der Waals surface area contributed by atoms with E-state index in [4.69, 9.17) is 16.7 Å². The van der Waals surface area contributed by atoms with Crippen molar-refractivity contribution in [2.75, 3.05) is 29.9 Å². The van der Waals surface area contributed by atoms with Gasteiger partial charge in [-0.25, -0.2) is 0 Å². The molecular weight excluding hydrogens is 216 g/mol. The number of carboxylic acid groups (broad SMARTS) is 1. The van der Waals surface area contributed by atoms with Crippen molar-refractivity contribution >= 4 is 28.9 Å². The van der Waals surface area contributed by atoms with Crippen LogP contribution in [0.1, 0.15) is 0 Å². The Morgan fingerprint density at radius 1 is 1.60 bits per heavy atom. The molecule has 0 aromatic heterocycles. The molecule has 0 spiro atoms. The van der Waals surface area contributed by atoms with Gasteiger partial charge in [0.05, 0.1) is 16.4 Å². The van der Waals surface area contributed by atoms with E-state index in [0.29, 0.717) is 11.6 Å². The molecule has 1 aliphatic rings. The molecule has 0 atom stereocenters. The van der Waals surface area contributed by atoms with Gasteiger partial charge < -0.3 is 15.3 Å². The van der Waals surface area contributed by atoms with Crippen molar-refractivity contribution in [1.29, 1.82) is 0 Å². The molecule has 15 heavy (non-hydrogen) atoms. The first kappa shape index (κ1) is 10.1. The third kappa shape index (κ3) is 1.99. The average Bonchev–Trinajstić information content (AvgIpc) is 2.17. The van der Waals surface area contributed by atoms with Gasteiger partial charge in [0, 0.05) is 13.1 Å². The van der Waals surface area contributed by atoms with Gasteiger partial charge in [0.2, 0.25) is 0 Å². The average molecular weight is 227 g/mol. The first-order valence-electron chi connectivity index (χ1n) is 4.67. The maximum absolute atomic E-state index is 10.7. The van der Waals surface area contributed by atoms with Crippen LogP contribution < -0.4 is 10.2 Å². The fourth-order valence-corrected chi connectivity index (χ4v) is 2.03. The van der Waals surface area contributed by atoms with E-state index in [9.17, 15) is 4.79 Å². The molecule has 1 aromatic carbocycles. The topological polar surface area (TPSA) is 52.6 Å². The summed E-state index contributed by atoms with van der Waals surface area (Å²) in [6.07, 6.45) is 0. The minimum absolute atomic E-state index is 0.0155. The van der Waals surface area contributed by atoms with Crippen molar-refractivity contribution in [3.05, 3.63) is 23.2 Å². The van der Waals surface area contributed by atoms with Crippen molar-refractivity contribution < 1.29 is 9.90 Å². The van der Waals surface area contributed by atoms with Gasteiger partial charge in [-0.15, -0.1) is 0 Å². The van der Waals surface area contributed by atoms with E-state index in [0.717, 1.165) is 17.9 Å². The Morgan fingerprint density at radius 3 is 3.13 bits per heavy atom. The van der Waals surface area contributed by atoms with Crippen LogP contribution in [0.25, 0.3) is 0 Å². The molecule has 0 radical (unpaired) electrons. The highest BCUT2D eigenvalue weighted by Crippen LogP contribution is 2.35. The highest BCUT2D eigenvalue weighted by molar-refractivity contribution is 6.34. The number of hydrogen-bond acceptors (Lipinski definition) is 3. The molecule has 1 aliphatic heterocycles. The van der Waals surface area contributed by atoms with Gasteiger partial charge in [0.25, 0.3) is 0 Å². The third-order valence-electron chi connectivity index (χ3n) is 2.33. The number of carboxylic acids is 1. The van der Waals surface area contributed by atoms with E-state index in [1.165, 1.54) is 0 Å². The number of fused-ring (bicyclic) bond motifs is 1. The summed E-state index contributed by atoms with van der Waals surface area (Å²) in [6.45, 7) is 1.38. The van der Waals surface area contributed by atoms with Crippen molar-refractivity contribution in [3.63, 3.8) is 0 Å². The monoisotopic (exact) mass is 226 g/mol. The van der Waals surface area contributed by atoms with Crippen molar-refractivity contribution in [1.82, 2.24) is 0 Å². The molecule has 2 N–H and O–H groups in total. The molecular formula is C10H11ClN2O2. The van der Waals surface area contributed by atoms with E-state index in [-0.39, 0.29) is 6.54 Å². The Kier molecular flexibility index (Phi) is 2.68. The summed E-state index contributed by atoms with van der Waals surface area (Å²) in [5.41, 5.74) is 1.68. The lowest BCUT2D eigenvalue weighted by Gasteiger charge is -2.31. The van der Waals surface area contributed by atoms with Crippen LogP contribution in [0.2, 0.25) is 5.02 Å². The summed E-state index contributed by atoms with van der Waals surface area (Å²) >= 11 is 6.05. The van der Waals surface area contributed by atoms with Crippen LogP contribution in [-0.4, -0.2) is 30.7 Å². The number of carbonyl (C=O) groups is 1. The Hall–Kier alpha value is -1.42. The molecule has 0 amide bonds. The van der Waals surface area contributed by atoms with E-state index < -0.39 is 5.97 Å². The fourth-order valence-electron chi connectivity index (χ4n) is 1.74. The molecule has 0 saturated carbocycles. The van der Waals surface area contributed by atoms with Crippen LogP contribution in [0.3, 0.4) is 0 Å². The first-order chi connectivity index (χ1) is 7.18. The van der Waals surface area contributed by atoms with Gasteiger partial charge in [-0.1, -0.05) is 17.7 Å². The van der Waals surface area contributed by atoms with Gasteiger partial charge in [-0.2, -0.15) is 0 Å². The molecule has 0 aliphatic carbocycles. The number of rotatable bonds is 2. The molecule has 80 valence electrons. The number of aliphatic carboxylic acids is 1. The van der Waals surface area contributed by atoms with E-state index in [1.54, 1.807) is 11.0 Å². The zero-order valence-electron chi connectivity index (χ0n) is 8.03. The van der Waals surface area contributed by atoms with Crippen molar-refractivity contribution in [2.24, 2.45) is 0 Å². The van der Waals surface area contributed by atoms with E-state index >= 15 is 0 Å². The van der Waals surface area contributed by atoms with Gasteiger partial charge in [0.15, 0.2) is 0 Å². The summed E-state index contributed by atoms with van der Waals surface area (Å²) in [4.78, 5) is 12.5. The molecule has 0 bridgehead atoms. The second kappa shape index (κ2) is 3.98. The lowest BCUT2D eigenvalue weighted by molar-refractivity contribution is -0.135. The minimum Gasteiger partial charge on any atom is -0.480 e. The number of halogens is 1. The number of nitrogens with one attached hydrogen (secondary N) is 1. The van der Waals surface area contributed by atoms with Crippen molar-refractivity contribution in [2.45, 2.75) is 0 Å². The molecule has 1 heterocycles. The normalized spacial score (nSPS) is 14.3. The molecule has 1 aromatic rings. The lowest BCUT2D eigenvalue weighted by atomic mass is 10.2. The summed E-state index contributed by atoms with van der Waals surface area (Å²) < 4.78 is 0. The van der Waals surface area contributed by atoms with Gasteiger partial charge in [-0.05, 0) is 12.1 Å². The van der Waals surface area contributed by atoms with Crippen LogP contribution >= 0.6 is 11.6 Å². The molecule has 5 heteroatoms. The molecule has 0 fully saturated rings. The Morgan fingerprint density at radius 2 is 2.40 bits per heavy atom. The van der Waals surface area contributed by atoms with Crippen LogP contribution in [0.5, 0.6) is 0 Å². The number of hydrogen-bond donors (Lipinski definition) is 2. The van der Waals surface area contributed by atoms with Gasteiger partial charge in [0.1, 0.15) is 6.54 Å². The predicted octanol–water partition coefficient (Wildman–Crippen LogP) is 1.66. The predicted molar refractivity (Wildman–Crippen MR) is 59.8 cm³/mol. The zero-order chi connectivity index (χ0) is 10.8. The van der Waals surface area contributed by atoms with Crippen molar-refractivity contribution in [3.8, 4) is 0 Å². The number of benzene rings is 1. The number of nitrogens with zero attached hydrogens (tertiary/aromatic N) is 1. The third-order valence-corrected chi connectivity index (χ3v) is 2.63. The van der Waals surface area contributed by atoms with E-state index in [1.807, 2.05) is 12.1 Å². The quantitative estimate of drug-likeness (QED) is 0.805. The fraction of sp³-hybridized carbons (Fsp3) is 0.300. The molecule has 0 saturated heterocycles. The summed E-state index contributed by atoms with van der Waals surface area (Å²) in [5, 5.41) is 12.5. The Balaban J connectivity index is 2.36. The zero-order valence-corrected chi connectivity index (χ0v) is 8.79. The highest BCUT2D eigenvalue weighted by Gasteiger charge is 2.20. The van der Waals surface area contributed by atoms with Crippen LogP contribution in [0.15, 0.2) is 18.2 Å². The minimum atomic E-state index is -0.845. The number of anilines is 2. The van der Waals surface area contributed by atoms with Gasteiger partial charge >= 0.3 is 5.97 Å². The maximum Gasteiger partial charge on any atom is 0.323 e. The molecule has 2 rings (SSSR count). The van der Waals surface area contributed by atoms with Crippen LogP contribution in [-0.2, 0) is 4.79 Å². The lowest BCUT2D eigenvalue weighted by Crippen LogP contribution is -2.37. The van der Waals surface area contributed by atoms with Gasteiger partial charge in [-0.3, -0.25) is 4.79 Å². The highest BCUT2D eigenvalue weighted by atomic mass is 35.5. The van der Waals surface area contributed by atoms with Crippen LogP contribution in [0.4, 0.5) is 11.4 Å². The Bertz CT molecular complexity index is 395. The second-order valence-electron chi connectivity index (χ2n) is 3.38. The maximum atomic E-state index is 10.7. The van der Waals surface area contributed by atoms with Crippen LogP contribution in [0, 0.1) is 0 Å². The summed E-state index contributed by atoms with van der Waals surface area (Å²) in [7, 11) is 0. The Labute approximate surface area is 92.5 Å². The standard InChI is InChI=1S/C10H11ClN2O2/c11-7-2-1-3-8-10(7)13(5-4-12-8)6-9(14)15/h1-3,12H,4-6H2,(H,14,15). The van der Waals surface area contributed by atoms with E-state index in [2.05, 4.69) is 5.32 Å². The molecule has 0 unspecified atom stereocenters. The second-order valence-corrected chi connectivity index (χ2v) is 3.79. The summed E-state index contributed by atoms with van der Waals surface area (Å²) in [5.74, 6) is -0.845. The molecule has 4 nitrogen and oxygen atoms in total. The first-order valence-corrected chi connectivity index (χ1v) is 5.05. The SMILES string of the molecule is O=C(O)CN1CCNc2cccc(Cl)c21. The smallest absolute Gasteiger partial charge is 0.323 e. The number of para-hydroxylation sites is 1.